The van der Waals surface area contributed by atoms with Crippen LogP contribution in [0.5, 0.6) is 5.75 Å². The zero-order chi connectivity index (χ0) is 30.5. The van der Waals surface area contributed by atoms with Gasteiger partial charge in [0.2, 0.25) is 0 Å². The topological polar surface area (TPSA) is 69.7 Å². The zero-order valence-corrected chi connectivity index (χ0v) is 25.3. The van der Waals surface area contributed by atoms with Crippen molar-refractivity contribution in [3.8, 4) is 11.4 Å². The number of piperidine rings is 1. The van der Waals surface area contributed by atoms with Gasteiger partial charge in [0, 0.05) is 40.7 Å². The molecule has 8 heteroatoms. The molecule has 1 spiro atoms. The molecular weight excluding hydrogens is 557 g/mol. The molecule has 7 rings (SSSR count). The molecule has 1 fully saturated rings. The Morgan fingerprint density at radius 2 is 1.70 bits per heavy atom. The Labute approximate surface area is 256 Å². The molecule has 3 heterocycles. The van der Waals surface area contributed by atoms with Gasteiger partial charge in [0.25, 0.3) is 6.01 Å². The lowest BCUT2D eigenvalue weighted by Gasteiger charge is -2.48. The van der Waals surface area contributed by atoms with Crippen LogP contribution in [0.25, 0.3) is 16.6 Å². The fourth-order valence-electron chi connectivity index (χ4n) is 7.21. The first kappa shape index (κ1) is 28.2. The van der Waals surface area contributed by atoms with Crippen LogP contribution in [0.15, 0.2) is 83.5 Å². The molecule has 0 amide bonds. The first-order valence-corrected chi connectivity index (χ1v) is 15.2. The van der Waals surface area contributed by atoms with Crippen LogP contribution in [0.1, 0.15) is 66.8 Å². The van der Waals surface area contributed by atoms with E-state index in [0.29, 0.717) is 12.6 Å². The minimum atomic E-state index is -0.510. The van der Waals surface area contributed by atoms with Crippen LogP contribution >= 0.6 is 0 Å². The molecule has 0 saturated carbocycles. The Kier molecular flexibility index (Phi) is 6.95. The summed E-state index contributed by atoms with van der Waals surface area (Å²) >= 11 is 0. The van der Waals surface area contributed by atoms with Crippen LogP contribution in [0.2, 0.25) is 0 Å². The molecule has 1 saturated heterocycles. The highest BCUT2D eigenvalue weighted by Gasteiger charge is 2.49. The Balaban J connectivity index is 1.36. The van der Waals surface area contributed by atoms with Crippen LogP contribution < -0.4 is 9.64 Å². The molecule has 0 radical (unpaired) electrons. The maximum Gasteiger partial charge on any atom is 0.360 e. The van der Waals surface area contributed by atoms with E-state index in [0.717, 1.165) is 66.7 Å². The summed E-state index contributed by atoms with van der Waals surface area (Å²) in [7, 11) is 1.34. The summed E-state index contributed by atoms with van der Waals surface area (Å²) in [6, 6.07) is 23.8. The number of hydrogen-bond donors (Lipinski definition) is 0. The van der Waals surface area contributed by atoms with Crippen molar-refractivity contribution in [1.82, 2.24) is 9.55 Å². The second-order valence-electron chi connectivity index (χ2n) is 12.6. The average Bonchev–Trinajstić information content (AvgIpc) is 3.68. The summed E-state index contributed by atoms with van der Waals surface area (Å²) in [6.07, 6.45) is 5.20. The second-order valence-corrected chi connectivity index (χ2v) is 12.6. The molecule has 226 valence electrons. The standard InChI is InChI=1S/C36H36FN3O4/c1-35(2)16-17-36(18-20-39(21-19-36)34-38-27(23-44-34)33(41)42-3)31-30-28(40(32(31)35)26-14-12-25(37)13-15-26)10-7-11-29(30)43-22-24-8-5-4-6-9-24/h4-15,23H,16-22H2,1-3H3. The number of anilines is 1. The minimum Gasteiger partial charge on any atom is -0.488 e. The normalized spacial score (nSPS) is 17.0. The van der Waals surface area contributed by atoms with Gasteiger partial charge in [0.15, 0.2) is 5.69 Å². The van der Waals surface area contributed by atoms with Crippen LogP contribution in [0.4, 0.5) is 10.4 Å². The Morgan fingerprint density at radius 1 is 0.955 bits per heavy atom. The van der Waals surface area contributed by atoms with Gasteiger partial charge in [-0.25, -0.2) is 9.18 Å². The predicted octanol–water partition coefficient (Wildman–Crippen LogP) is 7.73. The summed E-state index contributed by atoms with van der Waals surface area (Å²) in [5.74, 6) is 0.0959. The van der Waals surface area contributed by atoms with Crippen LogP contribution in [0, 0.1) is 5.82 Å². The van der Waals surface area contributed by atoms with E-state index in [1.54, 1.807) is 0 Å². The van der Waals surface area contributed by atoms with E-state index in [9.17, 15) is 9.18 Å². The third-order valence-electron chi connectivity index (χ3n) is 9.56. The minimum absolute atomic E-state index is 0.102. The quantitative estimate of drug-likeness (QED) is 0.188. The number of methoxy groups -OCH3 is 1. The summed E-state index contributed by atoms with van der Waals surface area (Å²) in [4.78, 5) is 18.5. The van der Waals surface area contributed by atoms with E-state index < -0.39 is 5.97 Å². The molecule has 0 atom stereocenters. The molecule has 2 aliphatic rings. The van der Waals surface area contributed by atoms with Gasteiger partial charge in [0.1, 0.15) is 24.4 Å². The lowest BCUT2D eigenvalue weighted by atomic mass is 9.60. The summed E-state index contributed by atoms with van der Waals surface area (Å²) in [6.45, 7) is 6.57. The molecule has 2 aromatic heterocycles. The van der Waals surface area contributed by atoms with Crippen molar-refractivity contribution in [1.29, 1.82) is 0 Å². The second kappa shape index (κ2) is 10.8. The molecule has 0 bridgehead atoms. The number of oxazole rings is 1. The summed E-state index contributed by atoms with van der Waals surface area (Å²) < 4.78 is 33.6. The van der Waals surface area contributed by atoms with Crippen molar-refractivity contribution >= 4 is 22.9 Å². The lowest BCUT2D eigenvalue weighted by Crippen LogP contribution is -2.47. The predicted molar refractivity (Wildman–Crippen MR) is 167 cm³/mol. The number of carbonyl (C=O) groups excluding carboxylic acids is 1. The number of fused-ring (bicyclic) bond motifs is 4. The van der Waals surface area contributed by atoms with Crippen LogP contribution in [0.3, 0.4) is 0 Å². The van der Waals surface area contributed by atoms with Crippen molar-refractivity contribution in [3.63, 3.8) is 0 Å². The number of halogens is 1. The maximum atomic E-state index is 14.1. The number of aromatic nitrogens is 2. The number of benzene rings is 3. The number of nitrogens with zero attached hydrogens (tertiary/aromatic N) is 3. The van der Waals surface area contributed by atoms with E-state index in [1.165, 1.54) is 36.8 Å². The number of ether oxygens (including phenoxy) is 2. The maximum absolute atomic E-state index is 14.1. The molecule has 5 aromatic rings. The highest BCUT2D eigenvalue weighted by Crippen LogP contribution is 2.56. The largest absolute Gasteiger partial charge is 0.488 e. The van der Waals surface area contributed by atoms with E-state index in [-0.39, 0.29) is 22.3 Å². The van der Waals surface area contributed by atoms with Gasteiger partial charge < -0.3 is 23.4 Å². The van der Waals surface area contributed by atoms with Crippen molar-refractivity contribution in [2.24, 2.45) is 0 Å². The summed E-state index contributed by atoms with van der Waals surface area (Å²) in [5, 5.41) is 1.13. The third kappa shape index (κ3) is 4.73. The first-order chi connectivity index (χ1) is 21.3. The molecule has 0 unspecified atom stereocenters. The lowest BCUT2D eigenvalue weighted by molar-refractivity contribution is 0.0594. The van der Waals surface area contributed by atoms with E-state index in [2.05, 4.69) is 58.6 Å². The highest BCUT2D eigenvalue weighted by molar-refractivity contribution is 5.94. The van der Waals surface area contributed by atoms with Gasteiger partial charge in [-0.05, 0) is 73.2 Å². The van der Waals surface area contributed by atoms with Crippen molar-refractivity contribution < 1.29 is 23.1 Å². The van der Waals surface area contributed by atoms with Gasteiger partial charge >= 0.3 is 5.97 Å². The number of hydrogen-bond acceptors (Lipinski definition) is 6. The van der Waals surface area contributed by atoms with Crippen molar-refractivity contribution in [3.05, 3.63) is 107 Å². The van der Waals surface area contributed by atoms with Gasteiger partial charge in [-0.3, -0.25) is 0 Å². The van der Waals surface area contributed by atoms with E-state index >= 15 is 0 Å². The molecule has 7 nitrogen and oxygen atoms in total. The Morgan fingerprint density at radius 3 is 2.43 bits per heavy atom. The highest BCUT2D eigenvalue weighted by atomic mass is 19.1. The average molecular weight is 594 g/mol. The SMILES string of the molecule is COC(=O)c1coc(N2CCC3(CC2)CCC(C)(C)c2c3c3c(OCc4ccccc4)cccc3n2-c2ccc(F)cc2)n1. The van der Waals surface area contributed by atoms with Crippen LogP contribution in [-0.2, 0) is 22.2 Å². The smallest absolute Gasteiger partial charge is 0.360 e. The van der Waals surface area contributed by atoms with Gasteiger partial charge in [-0.15, -0.1) is 0 Å². The molecule has 3 aromatic carbocycles. The number of rotatable bonds is 6. The monoisotopic (exact) mass is 593 g/mol. The van der Waals surface area contributed by atoms with E-state index in [4.69, 9.17) is 13.9 Å². The van der Waals surface area contributed by atoms with Crippen molar-refractivity contribution in [2.75, 3.05) is 25.1 Å². The number of carbonyl (C=O) groups is 1. The van der Waals surface area contributed by atoms with Crippen molar-refractivity contribution in [2.45, 2.75) is 57.0 Å². The van der Waals surface area contributed by atoms with Gasteiger partial charge in [-0.1, -0.05) is 50.2 Å². The molecule has 1 aliphatic heterocycles. The summed E-state index contributed by atoms with van der Waals surface area (Å²) in [5.41, 5.74) is 5.66. The Bertz CT molecular complexity index is 1820. The Hall–Kier alpha value is -4.59. The number of esters is 1. The fourth-order valence-corrected chi connectivity index (χ4v) is 7.21. The van der Waals surface area contributed by atoms with E-state index in [1.807, 2.05) is 30.3 Å². The molecule has 44 heavy (non-hydrogen) atoms. The van der Waals surface area contributed by atoms with Gasteiger partial charge in [-0.2, -0.15) is 4.98 Å². The third-order valence-corrected chi connectivity index (χ3v) is 9.56. The van der Waals surface area contributed by atoms with Crippen LogP contribution in [-0.4, -0.2) is 35.7 Å². The molecular formula is C36H36FN3O4. The molecule has 1 aliphatic carbocycles. The van der Waals surface area contributed by atoms with Gasteiger partial charge in [0.05, 0.1) is 12.6 Å². The zero-order valence-electron chi connectivity index (χ0n) is 25.3. The molecule has 0 N–H and O–H groups in total. The first-order valence-electron chi connectivity index (χ1n) is 15.2. The fraction of sp³-hybridized carbons (Fsp3) is 0.333.